The first kappa shape index (κ1) is 16.9. The minimum Gasteiger partial charge on any atom is -0.324 e. The third-order valence-corrected chi connectivity index (χ3v) is 3.98. The molecule has 3 rings (SSSR count). The van der Waals surface area contributed by atoms with E-state index >= 15 is 0 Å². The van der Waals surface area contributed by atoms with Crippen LogP contribution in [0.3, 0.4) is 0 Å². The van der Waals surface area contributed by atoms with Crippen LogP contribution in [0, 0.1) is 11.6 Å². The van der Waals surface area contributed by atoms with Gasteiger partial charge in [-0.2, -0.15) is 0 Å². The fourth-order valence-corrected chi connectivity index (χ4v) is 2.84. The molecule has 2 aromatic rings. The Hall–Kier alpha value is -2.96. The van der Waals surface area contributed by atoms with Crippen molar-refractivity contribution in [3.63, 3.8) is 0 Å². The largest absolute Gasteiger partial charge is 0.324 e. The molecule has 5 nitrogen and oxygen atoms in total. The molecule has 1 saturated heterocycles. The van der Waals surface area contributed by atoms with Gasteiger partial charge in [-0.15, -0.1) is 0 Å². The van der Waals surface area contributed by atoms with Crippen molar-refractivity contribution in [1.82, 2.24) is 4.90 Å². The predicted molar refractivity (Wildman–Crippen MR) is 90.2 cm³/mol. The van der Waals surface area contributed by atoms with Crippen molar-refractivity contribution in [2.75, 3.05) is 17.2 Å². The highest BCUT2D eigenvalue weighted by Gasteiger charge is 2.34. The number of amides is 3. The van der Waals surface area contributed by atoms with Crippen molar-refractivity contribution < 1.29 is 18.4 Å². The fraction of sp³-hybridized carbons (Fsp3) is 0.222. The summed E-state index contributed by atoms with van der Waals surface area (Å²) < 4.78 is 26.4. The molecule has 7 heteroatoms. The van der Waals surface area contributed by atoms with E-state index in [4.69, 9.17) is 0 Å². The molecule has 0 saturated carbocycles. The van der Waals surface area contributed by atoms with E-state index in [1.54, 1.807) is 12.1 Å². The van der Waals surface area contributed by atoms with Crippen LogP contribution < -0.4 is 10.6 Å². The topological polar surface area (TPSA) is 61.4 Å². The normalized spacial score (nSPS) is 16.6. The molecule has 1 aliphatic heterocycles. The van der Waals surface area contributed by atoms with Gasteiger partial charge in [-0.05, 0) is 49.2 Å². The zero-order chi connectivity index (χ0) is 17.8. The van der Waals surface area contributed by atoms with E-state index in [1.807, 2.05) is 0 Å². The summed E-state index contributed by atoms with van der Waals surface area (Å²) in [5.74, 6) is -1.29. The molecule has 2 N–H and O–H groups in total. The van der Waals surface area contributed by atoms with Crippen LogP contribution in [0.4, 0.5) is 25.0 Å². The predicted octanol–water partition coefficient (Wildman–Crippen LogP) is 3.60. The van der Waals surface area contributed by atoms with Gasteiger partial charge in [-0.25, -0.2) is 13.6 Å². The Morgan fingerprint density at radius 2 is 1.56 bits per heavy atom. The van der Waals surface area contributed by atoms with E-state index in [1.165, 1.54) is 41.3 Å². The van der Waals surface area contributed by atoms with Gasteiger partial charge in [0.25, 0.3) is 0 Å². The molecule has 1 atom stereocenters. The molecule has 2 aromatic carbocycles. The van der Waals surface area contributed by atoms with Gasteiger partial charge in [0.05, 0.1) is 0 Å². The fourth-order valence-electron chi connectivity index (χ4n) is 2.84. The first-order chi connectivity index (χ1) is 12.0. The number of anilines is 2. The number of nitrogens with zero attached hydrogens (tertiary/aromatic N) is 1. The molecular formula is C18H17F2N3O2. The number of hydrogen-bond donors (Lipinski definition) is 2. The van der Waals surface area contributed by atoms with Crippen LogP contribution in [0.1, 0.15) is 12.8 Å². The zero-order valence-electron chi connectivity index (χ0n) is 13.3. The van der Waals surface area contributed by atoms with Crippen LogP contribution in [0.25, 0.3) is 0 Å². The second-order valence-electron chi connectivity index (χ2n) is 5.79. The Morgan fingerprint density at radius 3 is 2.16 bits per heavy atom. The van der Waals surface area contributed by atoms with Crippen LogP contribution in [0.2, 0.25) is 0 Å². The average molecular weight is 345 g/mol. The monoisotopic (exact) mass is 345 g/mol. The maximum atomic E-state index is 13.2. The zero-order valence-corrected chi connectivity index (χ0v) is 13.3. The van der Waals surface area contributed by atoms with Gasteiger partial charge >= 0.3 is 6.03 Å². The molecule has 0 spiro atoms. The summed E-state index contributed by atoms with van der Waals surface area (Å²) in [6.45, 7) is 0.419. The molecule has 1 unspecified atom stereocenters. The molecule has 1 fully saturated rings. The number of carbonyl (C=O) groups is 2. The van der Waals surface area contributed by atoms with Gasteiger partial charge in [-0.3, -0.25) is 4.79 Å². The Kier molecular flexibility index (Phi) is 4.92. The highest BCUT2D eigenvalue weighted by molar-refractivity contribution is 5.99. The highest BCUT2D eigenvalue weighted by Crippen LogP contribution is 2.21. The van der Waals surface area contributed by atoms with E-state index < -0.39 is 23.7 Å². The standard InChI is InChI=1S/C18H17F2N3O2/c19-12-4-1-6-14(10-12)21-17(24)16-8-3-9-23(16)18(25)22-15-7-2-5-13(20)11-15/h1-2,4-7,10-11,16H,3,8-9H2,(H,21,24)(H,22,25). The van der Waals surface area contributed by atoms with Crippen molar-refractivity contribution in [3.05, 3.63) is 60.2 Å². The number of rotatable bonds is 3. The highest BCUT2D eigenvalue weighted by atomic mass is 19.1. The van der Waals surface area contributed by atoms with E-state index in [9.17, 15) is 18.4 Å². The number of halogens is 2. The van der Waals surface area contributed by atoms with Gasteiger partial charge in [0.1, 0.15) is 17.7 Å². The number of urea groups is 1. The summed E-state index contributed by atoms with van der Waals surface area (Å²) in [5.41, 5.74) is 0.656. The van der Waals surface area contributed by atoms with Gasteiger partial charge < -0.3 is 15.5 Å². The lowest BCUT2D eigenvalue weighted by molar-refractivity contribution is -0.119. The second-order valence-corrected chi connectivity index (χ2v) is 5.79. The molecule has 0 bridgehead atoms. The van der Waals surface area contributed by atoms with Crippen molar-refractivity contribution in [1.29, 1.82) is 0 Å². The van der Waals surface area contributed by atoms with Crippen molar-refractivity contribution in [2.45, 2.75) is 18.9 Å². The summed E-state index contributed by atoms with van der Waals surface area (Å²) in [6, 6.07) is 9.98. The van der Waals surface area contributed by atoms with Gasteiger partial charge in [0.2, 0.25) is 5.91 Å². The Bertz CT molecular complexity index is 732. The van der Waals surface area contributed by atoms with Crippen molar-refractivity contribution >= 4 is 23.3 Å². The lowest BCUT2D eigenvalue weighted by Gasteiger charge is -2.24. The Labute approximate surface area is 143 Å². The Balaban J connectivity index is 1.67. The number of nitrogens with one attached hydrogen (secondary N) is 2. The number of hydrogen-bond acceptors (Lipinski definition) is 2. The molecule has 25 heavy (non-hydrogen) atoms. The van der Waals surface area contributed by atoms with Crippen LogP contribution in [0.5, 0.6) is 0 Å². The van der Waals surface area contributed by atoms with E-state index in [-0.39, 0.29) is 5.91 Å². The Morgan fingerprint density at radius 1 is 0.960 bits per heavy atom. The van der Waals surface area contributed by atoms with Crippen LogP contribution >= 0.6 is 0 Å². The summed E-state index contributed by atoms with van der Waals surface area (Å²) in [6.07, 6.45) is 1.19. The lowest BCUT2D eigenvalue weighted by Crippen LogP contribution is -2.45. The van der Waals surface area contributed by atoms with Crippen molar-refractivity contribution in [2.24, 2.45) is 0 Å². The lowest BCUT2D eigenvalue weighted by atomic mass is 10.2. The molecule has 0 aromatic heterocycles. The van der Waals surface area contributed by atoms with Crippen LogP contribution in [-0.2, 0) is 4.79 Å². The maximum absolute atomic E-state index is 13.2. The minimum atomic E-state index is -0.656. The van der Waals surface area contributed by atoms with E-state index in [0.29, 0.717) is 30.8 Å². The molecule has 3 amide bonds. The SMILES string of the molecule is O=C(Nc1cccc(F)c1)C1CCCN1C(=O)Nc1cccc(F)c1. The summed E-state index contributed by atoms with van der Waals surface area (Å²) in [7, 11) is 0. The average Bonchev–Trinajstić information content (AvgIpc) is 3.04. The molecular weight excluding hydrogens is 328 g/mol. The van der Waals surface area contributed by atoms with Gasteiger partial charge in [0, 0.05) is 17.9 Å². The van der Waals surface area contributed by atoms with Gasteiger partial charge in [0.15, 0.2) is 0 Å². The molecule has 1 heterocycles. The first-order valence-electron chi connectivity index (χ1n) is 7.92. The van der Waals surface area contributed by atoms with Crippen LogP contribution in [0.15, 0.2) is 48.5 Å². The number of likely N-dealkylation sites (tertiary alicyclic amines) is 1. The summed E-state index contributed by atoms with van der Waals surface area (Å²) in [5, 5.41) is 5.21. The third-order valence-electron chi connectivity index (χ3n) is 3.98. The quantitative estimate of drug-likeness (QED) is 0.893. The van der Waals surface area contributed by atoms with E-state index in [0.717, 1.165) is 0 Å². The molecule has 130 valence electrons. The number of benzene rings is 2. The van der Waals surface area contributed by atoms with Crippen molar-refractivity contribution in [3.8, 4) is 0 Å². The second kappa shape index (κ2) is 7.29. The molecule has 0 aliphatic carbocycles. The summed E-state index contributed by atoms with van der Waals surface area (Å²) in [4.78, 5) is 26.2. The maximum Gasteiger partial charge on any atom is 0.322 e. The van der Waals surface area contributed by atoms with E-state index in [2.05, 4.69) is 10.6 Å². The molecule has 1 aliphatic rings. The first-order valence-corrected chi connectivity index (χ1v) is 7.92. The van der Waals surface area contributed by atoms with Gasteiger partial charge in [-0.1, -0.05) is 12.1 Å². The third kappa shape index (κ3) is 4.12. The number of carbonyl (C=O) groups excluding carboxylic acids is 2. The summed E-state index contributed by atoms with van der Waals surface area (Å²) >= 11 is 0. The van der Waals surface area contributed by atoms with Crippen LogP contribution in [-0.4, -0.2) is 29.4 Å². The minimum absolute atomic E-state index is 0.321. The molecule has 0 radical (unpaired) electrons. The smallest absolute Gasteiger partial charge is 0.322 e.